The summed E-state index contributed by atoms with van der Waals surface area (Å²) >= 11 is 16.0. The van der Waals surface area contributed by atoms with Crippen molar-refractivity contribution in [2.75, 3.05) is 12.4 Å². The lowest BCUT2D eigenvalue weighted by Gasteiger charge is -2.15. The van der Waals surface area contributed by atoms with Gasteiger partial charge in [-0.1, -0.05) is 45.2 Å². The van der Waals surface area contributed by atoms with Crippen molar-refractivity contribution in [2.24, 2.45) is 0 Å². The third-order valence-corrected chi connectivity index (χ3v) is 6.10. The Hall–Kier alpha value is -3.15. The average molecular weight is 587 g/mol. The van der Waals surface area contributed by atoms with Gasteiger partial charge in [0.1, 0.15) is 5.69 Å². The van der Waals surface area contributed by atoms with Crippen LogP contribution in [0.5, 0.6) is 0 Å². The number of pyridine rings is 1. The smallest absolute Gasteiger partial charge is 0.355 e. The van der Waals surface area contributed by atoms with Crippen molar-refractivity contribution in [3.05, 3.63) is 80.1 Å². The van der Waals surface area contributed by atoms with Gasteiger partial charge in [-0.25, -0.2) is 9.67 Å². The molecule has 2 N–H and O–H groups in total. The van der Waals surface area contributed by atoms with E-state index in [2.05, 4.69) is 36.6 Å². The third-order valence-electron chi connectivity index (χ3n) is 4.92. The first-order valence-electron chi connectivity index (χ1n) is 9.74. The zero-order chi connectivity index (χ0) is 25.5. The maximum atomic E-state index is 13.4. The maximum absolute atomic E-state index is 13.4. The van der Waals surface area contributed by atoms with Crippen molar-refractivity contribution in [1.29, 1.82) is 0 Å². The fourth-order valence-electron chi connectivity index (χ4n) is 3.32. The summed E-state index contributed by atoms with van der Waals surface area (Å²) in [5.74, 6) is -1.77. The molecule has 4 rings (SSSR count). The van der Waals surface area contributed by atoms with Gasteiger partial charge >= 0.3 is 6.18 Å². The van der Waals surface area contributed by atoms with Crippen LogP contribution in [0, 0.1) is 0 Å². The first-order chi connectivity index (χ1) is 16.5. The summed E-state index contributed by atoms with van der Waals surface area (Å²) in [6, 6.07) is 10.1. The lowest BCUT2D eigenvalue weighted by Crippen LogP contribution is -2.23. The molecule has 4 aromatic rings. The van der Waals surface area contributed by atoms with Crippen LogP contribution in [0.2, 0.25) is 10.0 Å². The van der Waals surface area contributed by atoms with Gasteiger partial charge in [-0.2, -0.15) is 18.3 Å². The highest BCUT2D eigenvalue weighted by molar-refractivity contribution is 9.10. The molecule has 2 heterocycles. The molecule has 7 nitrogen and oxygen atoms in total. The van der Waals surface area contributed by atoms with Crippen LogP contribution in [0.15, 0.2) is 53.1 Å². The van der Waals surface area contributed by atoms with Crippen molar-refractivity contribution < 1.29 is 22.8 Å². The van der Waals surface area contributed by atoms with Gasteiger partial charge in [0.15, 0.2) is 11.5 Å². The third kappa shape index (κ3) is 4.84. The second-order valence-corrected chi connectivity index (χ2v) is 8.85. The minimum Gasteiger partial charge on any atom is -0.355 e. The van der Waals surface area contributed by atoms with E-state index in [4.69, 9.17) is 23.2 Å². The van der Waals surface area contributed by atoms with Gasteiger partial charge in [0, 0.05) is 29.2 Å². The first-order valence-corrected chi connectivity index (χ1v) is 11.3. The quantitative estimate of drug-likeness (QED) is 0.301. The van der Waals surface area contributed by atoms with Gasteiger partial charge in [0.25, 0.3) is 11.8 Å². The van der Waals surface area contributed by atoms with E-state index in [1.54, 1.807) is 18.2 Å². The zero-order valence-electron chi connectivity index (χ0n) is 17.5. The molecule has 0 aliphatic carbocycles. The van der Waals surface area contributed by atoms with E-state index in [0.29, 0.717) is 21.5 Å². The number of nitrogens with zero attached hydrogens (tertiary/aromatic N) is 3. The molecule has 0 atom stereocenters. The number of amides is 2. The van der Waals surface area contributed by atoms with E-state index in [9.17, 15) is 22.8 Å². The molecule has 0 radical (unpaired) electrons. The van der Waals surface area contributed by atoms with Crippen LogP contribution >= 0.6 is 39.1 Å². The molecular weight excluding hydrogens is 574 g/mol. The molecule has 0 unspecified atom stereocenters. The predicted octanol–water partition coefficient (Wildman–Crippen LogP) is 6.12. The standard InChI is InChI=1S/C22H13BrCl2F3N5O2/c1-29-20(34)13-8-10-7-11(23)4-5-12(10)17(25)18(13)31-21(35)15-9-16(22(26,27)28)32-33(15)19-14(24)3-2-6-30-19/h2-9H,1H3,(H,29,34)(H,31,35). The molecule has 0 saturated heterocycles. The topological polar surface area (TPSA) is 88.9 Å². The Bertz CT molecular complexity index is 1490. The van der Waals surface area contributed by atoms with Gasteiger partial charge in [0.05, 0.1) is 21.3 Å². The predicted molar refractivity (Wildman–Crippen MR) is 129 cm³/mol. The molecule has 0 bridgehead atoms. The molecular formula is C22H13BrCl2F3N5O2. The molecule has 0 aliphatic heterocycles. The highest BCUT2D eigenvalue weighted by Gasteiger charge is 2.37. The number of aromatic nitrogens is 3. The molecule has 0 spiro atoms. The number of hydrogen-bond donors (Lipinski definition) is 2. The van der Waals surface area contributed by atoms with Gasteiger partial charge in [-0.15, -0.1) is 0 Å². The first kappa shape index (κ1) is 25.0. The summed E-state index contributed by atoms with van der Waals surface area (Å²) < 4.78 is 41.7. The molecule has 0 fully saturated rings. The van der Waals surface area contributed by atoms with Gasteiger partial charge in [-0.05, 0) is 35.7 Å². The van der Waals surface area contributed by atoms with Crippen LogP contribution in [0.1, 0.15) is 26.5 Å². The summed E-state index contributed by atoms with van der Waals surface area (Å²) in [6.45, 7) is 0. The summed E-state index contributed by atoms with van der Waals surface area (Å²) in [7, 11) is 1.39. The van der Waals surface area contributed by atoms with E-state index >= 15 is 0 Å². The number of nitrogens with one attached hydrogen (secondary N) is 2. The van der Waals surface area contributed by atoms with E-state index in [-0.39, 0.29) is 27.1 Å². The molecule has 0 aliphatic rings. The minimum atomic E-state index is -4.84. The highest BCUT2D eigenvalue weighted by atomic mass is 79.9. The van der Waals surface area contributed by atoms with Crippen LogP contribution < -0.4 is 10.6 Å². The number of anilines is 1. The Morgan fingerprint density at radius 2 is 1.83 bits per heavy atom. The molecule has 2 aromatic carbocycles. The van der Waals surface area contributed by atoms with E-state index < -0.39 is 29.4 Å². The van der Waals surface area contributed by atoms with Gasteiger partial charge in [-0.3, -0.25) is 9.59 Å². The monoisotopic (exact) mass is 585 g/mol. The van der Waals surface area contributed by atoms with Gasteiger partial charge in [0.2, 0.25) is 0 Å². The Morgan fingerprint density at radius 1 is 1.09 bits per heavy atom. The van der Waals surface area contributed by atoms with E-state index in [1.165, 1.54) is 31.4 Å². The Labute approximate surface area is 214 Å². The molecule has 13 heteroatoms. The number of hydrogen-bond acceptors (Lipinski definition) is 4. The molecule has 180 valence electrons. The molecule has 0 saturated carbocycles. The summed E-state index contributed by atoms with van der Waals surface area (Å²) in [5.41, 5.74) is -1.92. The normalized spacial score (nSPS) is 11.5. The Kier molecular flexibility index (Phi) is 6.76. The van der Waals surface area contributed by atoms with Crippen molar-refractivity contribution in [1.82, 2.24) is 20.1 Å². The van der Waals surface area contributed by atoms with Crippen LogP contribution in [0.25, 0.3) is 16.6 Å². The van der Waals surface area contributed by atoms with Crippen LogP contribution in [-0.2, 0) is 6.18 Å². The number of halogens is 6. The second kappa shape index (κ2) is 9.48. The van der Waals surface area contributed by atoms with Gasteiger partial charge < -0.3 is 10.6 Å². The molecule has 35 heavy (non-hydrogen) atoms. The number of carbonyl (C=O) groups is 2. The molecule has 2 amide bonds. The molecule has 2 aromatic heterocycles. The second-order valence-electron chi connectivity index (χ2n) is 7.15. The van der Waals surface area contributed by atoms with E-state index in [1.807, 2.05) is 0 Å². The fourth-order valence-corrected chi connectivity index (χ4v) is 4.22. The maximum Gasteiger partial charge on any atom is 0.435 e. The van der Waals surface area contributed by atoms with Crippen molar-refractivity contribution in [2.45, 2.75) is 6.18 Å². The Morgan fingerprint density at radius 3 is 2.49 bits per heavy atom. The lowest BCUT2D eigenvalue weighted by molar-refractivity contribution is -0.141. The van der Waals surface area contributed by atoms with Crippen molar-refractivity contribution >= 4 is 67.4 Å². The fraction of sp³-hybridized carbons (Fsp3) is 0.0909. The average Bonchev–Trinajstić information content (AvgIpc) is 3.26. The van der Waals surface area contributed by atoms with Crippen LogP contribution in [0.3, 0.4) is 0 Å². The van der Waals surface area contributed by atoms with E-state index in [0.717, 1.165) is 4.47 Å². The summed E-state index contributed by atoms with van der Waals surface area (Å²) in [5, 5.41) is 9.53. The highest BCUT2D eigenvalue weighted by Crippen LogP contribution is 2.37. The van der Waals surface area contributed by atoms with Crippen LogP contribution in [0.4, 0.5) is 18.9 Å². The summed E-state index contributed by atoms with van der Waals surface area (Å²) in [6.07, 6.45) is -3.55. The number of rotatable bonds is 4. The lowest BCUT2D eigenvalue weighted by atomic mass is 10.0. The largest absolute Gasteiger partial charge is 0.435 e. The number of alkyl halides is 3. The van der Waals surface area contributed by atoms with Crippen molar-refractivity contribution in [3.63, 3.8) is 0 Å². The number of benzene rings is 2. The summed E-state index contributed by atoms with van der Waals surface area (Å²) in [4.78, 5) is 29.8. The Balaban J connectivity index is 1.87. The minimum absolute atomic E-state index is 0.00873. The number of carbonyl (C=O) groups excluding carboxylic acids is 2. The SMILES string of the molecule is CNC(=O)c1cc2cc(Br)ccc2c(Cl)c1NC(=O)c1cc(C(F)(F)F)nn1-c1ncccc1Cl. The van der Waals surface area contributed by atoms with Crippen LogP contribution in [-0.4, -0.2) is 33.6 Å². The zero-order valence-corrected chi connectivity index (χ0v) is 20.6. The van der Waals surface area contributed by atoms with Crippen molar-refractivity contribution in [3.8, 4) is 5.82 Å². The number of fused-ring (bicyclic) bond motifs is 1.